The number of para-hydroxylation sites is 2. The number of anilines is 1. The number of benzene rings is 2. The molecule has 1 aliphatic rings. The Hall–Kier alpha value is -2.08. The number of hydrogen-bond acceptors (Lipinski definition) is 4. The molecule has 0 unspecified atom stereocenters. The zero-order valence-corrected chi connectivity index (χ0v) is 15.6. The maximum atomic E-state index is 6.51. The Morgan fingerprint density at radius 2 is 1.85 bits per heavy atom. The summed E-state index contributed by atoms with van der Waals surface area (Å²) in [6.07, 6.45) is 0. The summed E-state index contributed by atoms with van der Waals surface area (Å²) in [4.78, 5) is 7.15. The van der Waals surface area contributed by atoms with E-state index in [1.165, 1.54) is 0 Å². The number of rotatable bonds is 5. The Bertz CT molecular complexity index is 888. The van der Waals surface area contributed by atoms with Crippen molar-refractivity contribution in [1.29, 1.82) is 0 Å². The Balaban J connectivity index is 1.60. The number of imidazole rings is 1. The second-order valence-electron chi connectivity index (χ2n) is 6.55. The molecule has 136 valence electrons. The fourth-order valence-corrected chi connectivity index (χ4v) is 3.82. The van der Waals surface area contributed by atoms with Crippen LogP contribution in [-0.4, -0.2) is 47.3 Å². The standard InChI is InChI=1S/C20H23ClN4O/c1-24-18-9-5-4-8-17(18)23-20(24)22-14-19(25-10-12-26-13-11-25)15-6-2-3-7-16(15)21/h2-9,19H,10-14H2,1H3,(H,22,23)/t19-/m1/s1. The first-order valence-corrected chi connectivity index (χ1v) is 9.33. The van der Waals surface area contributed by atoms with Crippen LogP contribution in [-0.2, 0) is 11.8 Å². The first-order valence-electron chi connectivity index (χ1n) is 8.95. The summed E-state index contributed by atoms with van der Waals surface area (Å²) in [5.41, 5.74) is 3.26. The molecule has 0 bridgehead atoms. The van der Waals surface area contributed by atoms with Gasteiger partial charge in [0.15, 0.2) is 0 Å². The fraction of sp³-hybridized carbons (Fsp3) is 0.350. The van der Waals surface area contributed by atoms with Gasteiger partial charge in [-0.3, -0.25) is 4.90 Å². The van der Waals surface area contributed by atoms with Crippen LogP contribution in [0.25, 0.3) is 11.0 Å². The lowest BCUT2D eigenvalue weighted by molar-refractivity contribution is 0.0187. The lowest BCUT2D eigenvalue weighted by Gasteiger charge is -2.35. The highest BCUT2D eigenvalue weighted by Gasteiger charge is 2.24. The first-order chi connectivity index (χ1) is 12.7. The normalized spacial score (nSPS) is 16.7. The monoisotopic (exact) mass is 370 g/mol. The van der Waals surface area contributed by atoms with E-state index in [-0.39, 0.29) is 6.04 Å². The molecule has 3 aromatic rings. The van der Waals surface area contributed by atoms with Crippen molar-refractivity contribution in [2.45, 2.75) is 6.04 Å². The van der Waals surface area contributed by atoms with Crippen LogP contribution in [0.3, 0.4) is 0 Å². The Morgan fingerprint density at radius 3 is 2.62 bits per heavy atom. The number of halogens is 1. The van der Waals surface area contributed by atoms with E-state index >= 15 is 0 Å². The summed E-state index contributed by atoms with van der Waals surface area (Å²) < 4.78 is 7.62. The number of fused-ring (bicyclic) bond motifs is 1. The summed E-state index contributed by atoms with van der Waals surface area (Å²) in [6.45, 7) is 4.06. The van der Waals surface area contributed by atoms with Crippen molar-refractivity contribution >= 4 is 28.6 Å². The van der Waals surface area contributed by atoms with Gasteiger partial charge >= 0.3 is 0 Å². The average molecular weight is 371 g/mol. The molecule has 4 rings (SSSR count). The van der Waals surface area contributed by atoms with Crippen LogP contribution >= 0.6 is 11.6 Å². The topological polar surface area (TPSA) is 42.3 Å². The molecular weight excluding hydrogens is 348 g/mol. The Labute approximate surface area is 158 Å². The first kappa shape index (κ1) is 17.3. The lowest BCUT2D eigenvalue weighted by atomic mass is 10.0. The summed E-state index contributed by atoms with van der Waals surface area (Å²) >= 11 is 6.51. The SMILES string of the molecule is Cn1c(NC[C@H](c2ccccc2Cl)N2CCOCC2)nc2ccccc21. The predicted molar refractivity (Wildman–Crippen MR) is 106 cm³/mol. The van der Waals surface area contributed by atoms with E-state index in [1.54, 1.807) is 0 Å². The van der Waals surface area contributed by atoms with Crippen LogP contribution in [0.5, 0.6) is 0 Å². The molecule has 1 saturated heterocycles. The number of nitrogens with one attached hydrogen (secondary N) is 1. The van der Waals surface area contributed by atoms with E-state index in [0.717, 1.165) is 60.4 Å². The van der Waals surface area contributed by atoms with E-state index in [4.69, 9.17) is 21.3 Å². The Kier molecular flexibility index (Phi) is 5.11. The zero-order valence-electron chi connectivity index (χ0n) is 14.9. The summed E-state index contributed by atoms with van der Waals surface area (Å²) in [7, 11) is 2.04. The van der Waals surface area contributed by atoms with Crippen molar-refractivity contribution in [2.24, 2.45) is 7.05 Å². The van der Waals surface area contributed by atoms with Gasteiger partial charge in [-0.1, -0.05) is 41.9 Å². The summed E-state index contributed by atoms with van der Waals surface area (Å²) in [5.74, 6) is 0.872. The highest BCUT2D eigenvalue weighted by molar-refractivity contribution is 6.31. The molecule has 0 saturated carbocycles. The second-order valence-corrected chi connectivity index (χ2v) is 6.96. The van der Waals surface area contributed by atoms with Crippen LogP contribution in [0.15, 0.2) is 48.5 Å². The number of aryl methyl sites for hydroxylation is 1. The van der Waals surface area contributed by atoms with Gasteiger partial charge in [-0.15, -0.1) is 0 Å². The Morgan fingerprint density at radius 1 is 1.12 bits per heavy atom. The van der Waals surface area contributed by atoms with Gasteiger partial charge in [-0.2, -0.15) is 0 Å². The number of ether oxygens (including phenoxy) is 1. The molecule has 1 aliphatic heterocycles. The molecule has 1 fully saturated rings. The molecule has 0 radical (unpaired) electrons. The minimum Gasteiger partial charge on any atom is -0.379 e. The van der Waals surface area contributed by atoms with E-state index in [1.807, 2.05) is 43.4 Å². The van der Waals surface area contributed by atoms with Crippen molar-refractivity contribution in [3.8, 4) is 0 Å². The van der Waals surface area contributed by atoms with E-state index < -0.39 is 0 Å². The van der Waals surface area contributed by atoms with E-state index in [2.05, 4.69) is 26.9 Å². The van der Waals surface area contributed by atoms with Crippen molar-refractivity contribution in [3.05, 3.63) is 59.1 Å². The molecule has 1 atom stereocenters. The van der Waals surface area contributed by atoms with Crippen molar-refractivity contribution in [1.82, 2.24) is 14.5 Å². The third-order valence-electron chi connectivity index (χ3n) is 4.99. The predicted octanol–water partition coefficient (Wildman–Crippen LogP) is 3.71. The molecular formula is C20H23ClN4O. The third kappa shape index (κ3) is 3.43. The average Bonchev–Trinajstić information content (AvgIpc) is 3.00. The van der Waals surface area contributed by atoms with Gasteiger partial charge in [0.05, 0.1) is 30.3 Å². The third-order valence-corrected chi connectivity index (χ3v) is 5.34. The van der Waals surface area contributed by atoms with Crippen LogP contribution in [0, 0.1) is 0 Å². The minimum absolute atomic E-state index is 0.174. The molecule has 5 nitrogen and oxygen atoms in total. The van der Waals surface area contributed by atoms with Crippen LogP contribution in [0.1, 0.15) is 11.6 Å². The fourth-order valence-electron chi connectivity index (χ4n) is 3.56. The quantitative estimate of drug-likeness (QED) is 0.743. The van der Waals surface area contributed by atoms with Gasteiger partial charge in [0.2, 0.25) is 5.95 Å². The molecule has 0 aliphatic carbocycles. The molecule has 1 aromatic heterocycles. The van der Waals surface area contributed by atoms with Gasteiger partial charge in [-0.25, -0.2) is 4.98 Å². The lowest BCUT2D eigenvalue weighted by Crippen LogP contribution is -2.41. The van der Waals surface area contributed by atoms with Crippen LogP contribution < -0.4 is 5.32 Å². The maximum absolute atomic E-state index is 6.51. The zero-order chi connectivity index (χ0) is 17.9. The molecule has 26 heavy (non-hydrogen) atoms. The smallest absolute Gasteiger partial charge is 0.203 e. The molecule has 1 N–H and O–H groups in total. The molecule has 0 spiro atoms. The van der Waals surface area contributed by atoms with Gasteiger partial charge < -0.3 is 14.6 Å². The van der Waals surface area contributed by atoms with Gasteiger partial charge in [-0.05, 0) is 23.8 Å². The van der Waals surface area contributed by atoms with Crippen LogP contribution in [0.2, 0.25) is 5.02 Å². The molecule has 0 amide bonds. The number of morpholine rings is 1. The van der Waals surface area contributed by atoms with Gasteiger partial charge in [0, 0.05) is 31.7 Å². The number of hydrogen-bond donors (Lipinski definition) is 1. The second kappa shape index (κ2) is 7.66. The number of aromatic nitrogens is 2. The van der Waals surface area contributed by atoms with Gasteiger partial charge in [0.1, 0.15) is 0 Å². The summed E-state index contributed by atoms with van der Waals surface area (Å²) in [6, 6.07) is 16.4. The van der Waals surface area contributed by atoms with Crippen molar-refractivity contribution in [2.75, 3.05) is 38.2 Å². The van der Waals surface area contributed by atoms with Gasteiger partial charge in [0.25, 0.3) is 0 Å². The van der Waals surface area contributed by atoms with Crippen LogP contribution in [0.4, 0.5) is 5.95 Å². The maximum Gasteiger partial charge on any atom is 0.203 e. The highest BCUT2D eigenvalue weighted by Crippen LogP contribution is 2.29. The highest BCUT2D eigenvalue weighted by atomic mass is 35.5. The van der Waals surface area contributed by atoms with E-state index in [0.29, 0.717) is 0 Å². The minimum atomic E-state index is 0.174. The van der Waals surface area contributed by atoms with Crippen molar-refractivity contribution < 1.29 is 4.74 Å². The largest absolute Gasteiger partial charge is 0.379 e. The van der Waals surface area contributed by atoms with E-state index in [9.17, 15) is 0 Å². The molecule has 6 heteroatoms. The summed E-state index contributed by atoms with van der Waals surface area (Å²) in [5, 5.41) is 4.34. The van der Waals surface area contributed by atoms with Crippen molar-refractivity contribution in [3.63, 3.8) is 0 Å². The number of nitrogens with zero attached hydrogens (tertiary/aromatic N) is 3. The molecule has 2 aromatic carbocycles. The molecule has 2 heterocycles.